The Kier molecular flexibility index (Phi) is 3.33. The molecule has 5 nitrogen and oxygen atoms in total. The zero-order valence-electron chi connectivity index (χ0n) is 10.5. The van der Waals surface area contributed by atoms with Gasteiger partial charge in [0.1, 0.15) is 13.2 Å². The molecule has 1 aromatic heterocycles. The quantitative estimate of drug-likeness (QED) is 0.911. The largest absolute Gasteiger partial charge is 0.486 e. The number of rotatable bonds is 3. The highest BCUT2D eigenvalue weighted by Crippen LogP contribution is 2.38. The first-order valence-electron chi connectivity index (χ1n) is 6.06. The standard InChI is InChI=1S/C13H14BrN3O2/c1-8-11(17-7-16-8)6-15-10-5-13-12(4-9(10)14)18-2-3-19-13/h4-5,7,15H,2-3,6H2,1H3,(H,16,17). The van der Waals surface area contributed by atoms with Crippen molar-refractivity contribution < 1.29 is 9.47 Å². The number of halogens is 1. The third kappa shape index (κ3) is 2.53. The van der Waals surface area contributed by atoms with E-state index in [1.807, 2.05) is 19.1 Å². The van der Waals surface area contributed by atoms with Crippen molar-refractivity contribution in [1.82, 2.24) is 9.97 Å². The first-order chi connectivity index (χ1) is 9.24. The van der Waals surface area contributed by atoms with Crippen LogP contribution in [0.1, 0.15) is 11.4 Å². The third-order valence-electron chi connectivity index (χ3n) is 3.01. The van der Waals surface area contributed by atoms with Gasteiger partial charge in [-0.25, -0.2) is 4.98 Å². The number of anilines is 1. The molecule has 0 saturated carbocycles. The Hall–Kier alpha value is -1.69. The van der Waals surface area contributed by atoms with Crippen molar-refractivity contribution in [2.75, 3.05) is 18.5 Å². The molecule has 0 bridgehead atoms. The third-order valence-corrected chi connectivity index (χ3v) is 3.67. The lowest BCUT2D eigenvalue weighted by Crippen LogP contribution is -2.15. The lowest BCUT2D eigenvalue weighted by Gasteiger charge is -2.20. The number of H-pyrrole nitrogens is 1. The molecule has 0 radical (unpaired) electrons. The van der Waals surface area contributed by atoms with Crippen LogP contribution in [0.15, 0.2) is 22.9 Å². The van der Waals surface area contributed by atoms with Crippen molar-refractivity contribution >= 4 is 21.6 Å². The van der Waals surface area contributed by atoms with Crippen LogP contribution in [0.3, 0.4) is 0 Å². The number of aromatic nitrogens is 2. The molecule has 0 fully saturated rings. The number of imidazole rings is 1. The highest BCUT2D eigenvalue weighted by molar-refractivity contribution is 9.10. The summed E-state index contributed by atoms with van der Waals surface area (Å²) in [7, 11) is 0. The topological polar surface area (TPSA) is 59.2 Å². The summed E-state index contributed by atoms with van der Waals surface area (Å²) in [5, 5.41) is 3.34. The highest BCUT2D eigenvalue weighted by atomic mass is 79.9. The number of nitrogens with one attached hydrogen (secondary N) is 2. The normalized spacial score (nSPS) is 13.4. The average molecular weight is 324 g/mol. The Labute approximate surface area is 119 Å². The molecule has 0 spiro atoms. The summed E-state index contributed by atoms with van der Waals surface area (Å²) >= 11 is 3.53. The Balaban J connectivity index is 1.79. The minimum Gasteiger partial charge on any atom is -0.486 e. The number of hydrogen-bond donors (Lipinski definition) is 2. The van der Waals surface area contributed by atoms with Crippen molar-refractivity contribution in [1.29, 1.82) is 0 Å². The molecule has 2 heterocycles. The monoisotopic (exact) mass is 323 g/mol. The number of hydrogen-bond acceptors (Lipinski definition) is 4. The smallest absolute Gasteiger partial charge is 0.163 e. The van der Waals surface area contributed by atoms with E-state index in [2.05, 4.69) is 31.2 Å². The first-order valence-corrected chi connectivity index (χ1v) is 6.85. The number of nitrogens with zero attached hydrogens (tertiary/aromatic N) is 1. The molecular formula is C13H14BrN3O2. The molecule has 2 N–H and O–H groups in total. The van der Waals surface area contributed by atoms with E-state index in [0.717, 1.165) is 33.0 Å². The van der Waals surface area contributed by atoms with E-state index >= 15 is 0 Å². The zero-order chi connectivity index (χ0) is 13.2. The van der Waals surface area contributed by atoms with E-state index in [4.69, 9.17) is 9.47 Å². The molecule has 6 heteroatoms. The number of fused-ring (bicyclic) bond motifs is 1. The Morgan fingerprint density at radius 3 is 2.74 bits per heavy atom. The van der Waals surface area contributed by atoms with Crippen LogP contribution in [-0.4, -0.2) is 23.2 Å². The molecule has 1 aromatic carbocycles. The van der Waals surface area contributed by atoms with E-state index in [-0.39, 0.29) is 0 Å². The van der Waals surface area contributed by atoms with E-state index in [9.17, 15) is 0 Å². The minimum absolute atomic E-state index is 0.590. The van der Waals surface area contributed by atoms with Crippen LogP contribution >= 0.6 is 15.9 Å². The second-order valence-electron chi connectivity index (χ2n) is 4.30. The van der Waals surface area contributed by atoms with Gasteiger partial charge in [0.05, 0.1) is 24.3 Å². The molecule has 0 atom stereocenters. The summed E-state index contributed by atoms with van der Waals surface area (Å²) in [5.74, 6) is 1.55. The average Bonchev–Trinajstić information content (AvgIpc) is 2.82. The Morgan fingerprint density at radius 1 is 1.32 bits per heavy atom. The summed E-state index contributed by atoms with van der Waals surface area (Å²) in [5.41, 5.74) is 3.04. The van der Waals surface area contributed by atoms with Crippen molar-refractivity contribution in [2.24, 2.45) is 0 Å². The maximum absolute atomic E-state index is 5.57. The lowest BCUT2D eigenvalue weighted by atomic mass is 10.2. The van der Waals surface area contributed by atoms with Gasteiger partial charge in [0.25, 0.3) is 0 Å². The van der Waals surface area contributed by atoms with Crippen LogP contribution < -0.4 is 14.8 Å². The highest BCUT2D eigenvalue weighted by Gasteiger charge is 2.15. The van der Waals surface area contributed by atoms with Crippen LogP contribution in [0.5, 0.6) is 11.5 Å². The van der Waals surface area contributed by atoms with Crippen molar-refractivity contribution in [3.63, 3.8) is 0 Å². The molecule has 1 aliphatic rings. The SMILES string of the molecule is Cc1[nH]cnc1CNc1cc2c(cc1Br)OCCO2. The van der Waals surface area contributed by atoms with Crippen LogP contribution in [0, 0.1) is 6.92 Å². The second kappa shape index (κ2) is 5.13. The fourth-order valence-electron chi connectivity index (χ4n) is 1.94. The maximum atomic E-state index is 5.57. The van der Waals surface area contributed by atoms with Gasteiger partial charge in [0.15, 0.2) is 11.5 Å². The summed E-state index contributed by atoms with van der Waals surface area (Å²) in [6.07, 6.45) is 1.70. The Bertz CT molecular complexity index is 598. The predicted molar refractivity (Wildman–Crippen MR) is 75.8 cm³/mol. The minimum atomic E-state index is 0.590. The number of aromatic amines is 1. The van der Waals surface area contributed by atoms with Gasteiger partial charge in [-0.2, -0.15) is 0 Å². The van der Waals surface area contributed by atoms with Crippen molar-refractivity contribution in [2.45, 2.75) is 13.5 Å². The van der Waals surface area contributed by atoms with Crippen molar-refractivity contribution in [3.8, 4) is 11.5 Å². The molecule has 0 unspecified atom stereocenters. The first kappa shape index (κ1) is 12.3. The molecule has 0 saturated heterocycles. The molecule has 2 aromatic rings. The van der Waals surface area contributed by atoms with Gasteiger partial charge in [-0.3, -0.25) is 0 Å². The van der Waals surface area contributed by atoms with E-state index in [0.29, 0.717) is 19.8 Å². The zero-order valence-corrected chi connectivity index (χ0v) is 12.1. The van der Waals surface area contributed by atoms with Gasteiger partial charge >= 0.3 is 0 Å². The van der Waals surface area contributed by atoms with Gasteiger partial charge in [-0.15, -0.1) is 0 Å². The van der Waals surface area contributed by atoms with Crippen molar-refractivity contribution in [3.05, 3.63) is 34.3 Å². The molecular weight excluding hydrogens is 310 g/mol. The molecule has 0 aliphatic carbocycles. The van der Waals surface area contributed by atoms with Gasteiger partial charge in [0.2, 0.25) is 0 Å². The molecule has 19 heavy (non-hydrogen) atoms. The summed E-state index contributed by atoms with van der Waals surface area (Å²) in [6.45, 7) is 3.85. The fourth-order valence-corrected chi connectivity index (χ4v) is 2.41. The lowest BCUT2D eigenvalue weighted by molar-refractivity contribution is 0.171. The van der Waals surface area contributed by atoms with Crippen LogP contribution in [0.4, 0.5) is 5.69 Å². The van der Waals surface area contributed by atoms with Gasteiger partial charge < -0.3 is 19.8 Å². The fraction of sp³-hybridized carbons (Fsp3) is 0.308. The predicted octanol–water partition coefficient (Wildman–Crippen LogP) is 2.86. The number of ether oxygens (including phenoxy) is 2. The molecule has 1 aliphatic heterocycles. The van der Waals surface area contributed by atoms with Crippen LogP contribution in [0.2, 0.25) is 0 Å². The van der Waals surface area contributed by atoms with Crippen LogP contribution in [-0.2, 0) is 6.54 Å². The molecule has 3 rings (SSSR count). The van der Waals surface area contributed by atoms with Gasteiger partial charge in [-0.05, 0) is 22.9 Å². The molecule has 0 amide bonds. The van der Waals surface area contributed by atoms with E-state index < -0.39 is 0 Å². The second-order valence-corrected chi connectivity index (χ2v) is 5.16. The maximum Gasteiger partial charge on any atom is 0.163 e. The summed E-state index contributed by atoms with van der Waals surface area (Å²) in [6, 6.07) is 3.87. The molecule has 100 valence electrons. The van der Waals surface area contributed by atoms with Crippen LogP contribution in [0.25, 0.3) is 0 Å². The van der Waals surface area contributed by atoms with E-state index in [1.165, 1.54) is 0 Å². The number of aryl methyl sites for hydroxylation is 1. The van der Waals surface area contributed by atoms with E-state index in [1.54, 1.807) is 6.33 Å². The van der Waals surface area contributed by atoms with Gasteiger partial charge in [-0.1, -0.05) is 0 Å². The summed E-state index contributed by atoms with van der Waals surface area (Å²) in [4.78, 5) is 7.32. The summed E-state index contributed by atoms with van der Waals surface area (Å²) < 4.78 is 12.0. The van der Waals surface area contributed by atoms with Gasteiger partial charge in [0, 0.05) is 22.3 Å². The Morgan fingerprint density at radius 2 is 2.05 bits per heavy atom. The number of benzene rings is 1.